The second-order valence-electron chi connectivity index (χ2n) is 4.32. The van der Waals surface area contributed by atoms with Crippen LogP contribution in [-0.2, 0) is 20.7 Å². The third-order valence-electron chi connectivity index (χ3n) is 2.93. The SMILES string of the molecule is CCN(CC(=O)OC)C(=O)Cc1csc(-c2ccsc2)n1. The lowest BCUT2D eigenvalue weighted by atomic mass is 10.3. The van der Waals surface area contributed by atoms with Gasteiger partial charge in [-0.25, -0.2) is 4.98 Å². The summed E-state index contributed by atoms with van der Waals surface area (Å²) in [7, 11) is 1.31. The van der Waals surface area contributed by atoms with Gasteiger partial charge in [0.1, 0.15) is 11.6 Å². The molecule has 1 amide bonds. The van der Waals surface area contributed by atoms with Crippen molar-refractivity contribution in [3.8, 4) is 10.6 Å². The topological polar surface area (TPSA) is 59.5 Å². The quantitative estimate of drug-likeness (QED) is 0.766. The van der Waals surface area contributed by atoms with E-state index in [2.05, 4.69) is 9.72 Å². The highest BCUT2D eigenvalue weighted by Crippen LogP contribution is 2.25. The van der Waals surface area contributed by atoms with Crippen molar-refractivity contribution in [1.29, 1.82) is 0 Å². The van der Waals surface area contributed by atoms with Gasteiger partial charge in [0.25, 0.3) is 0 Å². The van der Waals surface area contributed by atoms with E-state index in [0.29, 0.717) is 6.54 Å². The fourth-order valence-electron chi connectivity index (χ4n) is 1.77. The van der Waals surface area contributed by atoms with E-state index >= 15 is 0 Å². The van der Waals surface area contributed by atoms with Crippen molar-refractivity contribution in [2.45, 2.75) is 13.3 Å². The van der Waals surface area contributed by atoms with Crippen LogP contribution in [0.15, 0.2) is 22.2 Å². The van der Waals surface area contributed by atoms with E-state index in [9.17, 15) is 9.59 Å². The van der Waals surface area contributed by atoms with Crippen LogP contribution in [0, 0.1) is 0 Å². The summed E-state index contributed by atoms with van der Waals surface area (Å²) in [6, 6.07) is 2.00. The van der Waals surface area contributed by atoms with Gasteiger partial charge in [-0.1, -0.05) is 0 Å². The molecule has 7 heteroatoms. The lowest BCUT2D eigenvalue weighted by Crippen LogP contribution is -2.37. The van der Waals surface area contributed by atoms with Crippen LogP contribution in [0.4, 0.5) is 0 Å². The molecule has 112 valence electrons. The van der Waals surface area contributed by atoms with Gasteiger partial charge in [-0.3, -0.25) is 9.59 Å². The van der Waals surface area contributed by atoms with Crippen molar-refractivity contribution >= 4 is 34.6 Å². The van der Waals surface area contributed by atoms with Gasteiger partial charge in [0, 0.05) is 22.9 Å². The smallest absolute Gasteiger partial charge is 0.325 e. The van der Waals surface area contributed by atoms with Crippen LogP contribution in [0.25, 0.3) is 10.6 Å². The zero-order valence-corrected chi connectivity index (χ0v) is 13.5. The largest absolute Gasteiger partial charge is 0.468 e. The number of carbonyl (C=O) groups is 2. The summed E-state index contributed by atoms with van der Waals surface area (Å²) in [5, 5.41) is 6.82. The summed E-state index contributed by atoms with van der Waals surface area (Å²) in [4.78, 5) is 29.4. The molecule has 0 aliphatic rings. The lowest BCUT2D eigenvalue weighted by molar-refractivity contribution is -0.146. The summed E-state index contributed by atoms with van der Waals surface area (Å²) in [6.45, 7) is 2.28. The summed E-state index contributed by atoms with van der Waals surface area (Å²) >= 11 is 3.14. The number of thiophene rings is 1. The van der Waals surface area contributed by atoms with E-state index in [4.69, 9.17) is 0 Å². The maximum atomic E-state index is 12.2. The molecule has 2 rings (SSSR count). The Morgan fingerprint density at radius 2 is 2.19 bits per heavy atom. The Labute approximate surface area is 131 Å². The van der Waals surface area contributed by atoms with E-state index in [1.165, 1.54) is 23.3 Å². The molecule has 0 saturated heterocycles. The second-order valence-corrected chi connectivity index (χ2v) is 5.95. The number of methoxy groups -OCH3 is 1. The van der Waals surface area contributed by atoms with E-state index in [0.717, 1.165) is 16.3 Å². The maximum Gasteiger partial charge on any atom is 0.325 e. The number of rotatable bonds is 6. The number of ether oxygens (including phenoxy) is 1. The number of likely N-dealkylation sites (N-methyl/N-ethyl adjacent to an activating group) is 1. The minimum Gasteiger partial charge on any atom is -0.468 e. The summed E-state index contributed by atoms with van der Waals surface area (Å²) in [5.74, 6) is -0.535. The Hall–Kier alpha value is -1.73. The number of esters is 1. The second kappa shape index (κ2) is 7.33. The highest BCUT2D eigenvalue weighted by Gasteiger charge is 2.17. The van der Waals surface area contributed by atoms with Crippen LogP contribution in [0.5, 0.6) is 0 Å². The van der Waals surface area contributed by atoms with E-state index < -0.39 is 5.97 Å². The number of amides is 1. The van der Waals surface area contributed by atoms with Gasteiger partial charge >= 0.3 is 5.97 Å². The van der Waals surface area contributed by atoms with Crippen molar-refractivity contribution in [3.05, 3.63) is 27.9 Å². The van der Waals surface area contributed by atoms with Crippen LogP contribution < -0.4 is 0 Å². The number of hydrogen-bond acceptors (Lipinski definition) is 6. The van der Waals surface area contributed by atoms with Gasteiger partial charge < -0.3 is 9.64 Å². The Morgan fingerprint density at radius 3 is 2.81 bits per heavy atom. The minimum atomic E-state index is -0.414. The molecule has 0 bridgehead atoms. The van der Waals surface area contributed by atoms with Crippen molar-refractivity contribution < 1.29 is 14.3 Å². The monoisotopic (exact) mass is 324 g/mol. The van der Waals surface area contributed by atoms with Crippen molar-refractivity contribution in [1.82, 2.24) is 9.88 Å². The van der Waals surface area contributed by atoms with E-state index in [-0.39, 0.29) is 18.9 Å². The standard InChI is InChI=1S/C14H16N2O3S2/c1-3-16(7-13(18)19-2)12(17)6-11-9-21-14(15-11)10-4-5-20-8-10/h4-5,8-9H,3,6-7H2,1-2H3. The predicted molar refractivity (Wildman–Crippen MR) is 83.4 cm³/mol. The average Bonchev–Trinajstić information content (AvgIpc) is 3.14. The third-order valence-corrected chi connectivity index (χ3v) is 4.56. The van der Waals surface area contributed by atoms with Gasteiger partial charge in [0.2, 0.25) is 5.91 Å². The highest BCUT2D eigenvalue weighted by molar-refractivity contribution is 7.14. The molecule has 0 atom stereocenters. The van der Waals surface area contributed by atoms with Gasteiger partial charge in [-0.05, 0) is 18.4 Å². The molecule has 0 fully saturated rings. The number of nitrogens with zero attached hydrogens (tertiary/aromatic N) is 2. The molecular formula is C14H16N2O3S2. The summed E-state index contributed by atoms with van der Waals surface area (Å²) in [5.41, 5.74) is 1.81. The van der Waals surface area contributed by atoms with Gasteiger partial charge in [0.05, 0.1) is 19.2 Å². The number of thiazole rings is 1. The first-order chi connectivity index (χ1) is 10.1. The van der Waals surface area contributed by atoms with E-state index in [1.54, 1.807) is 11.3 Å². The molecule has 5 nitrogen and oxygen atoms in total. The molecule has 2 aromatic heterocycles. The van der Waals surface area contributed by atoms with Crippen molar-refractivity contribution in [2.75, 3.05) is 20.2 Å². The minimum absolute atomic E-state index is 0.0205. The molecule has 2 aromatic rings. The molecule has 21 heavy (non-hydrogen) atoms. The number of carbonyl (C=O) groups excluding carboxylic acids is 2. The Morgan fingerprint density at radius 1 is 1.38 bits per heavy atom. The zero-order chi connectivity index (χ0) is 15.2. The first kappa shape index (κ1) is 15.7. The molecule has 0 unspecified atom stereocenters. The van der Waals surface area contributed by atoms with Gasteiger partial charge in [-0.2, -0.15) is 11.3 Å². The first-order valence-corrected chi connectivity index (χ1v) is 8.27. The summed E-state index contributed by atoms with van der Waals surface area (Å²) < 4.78 is 4.59. The number of aromatic nitrogens is 1. The molecule has 0 spiro atoms. The third kappa shape index (κ3) is 4.12. The summed E-state index contributed by atoms with van der Waals surface area (Å²) in [6.07, 6.45) is 0.200. The Kier molecular flexibility index (Phi) is 5.46. The lowest BCUT2D eigenvalue weighted by Gasteiger charge is -2.18. The zero-order valence-electron chi connectivity index (χ0n) is 11.9. The molecule has 0 N–H and O–H groups in total. The van der Waals surface area contributed by atoms with Crippen LogP contribution in [0.3, 0.4) is 0 Å². The van der Waals surface area contributed by atoms with Crippen LogP contribution in [0.1, 0.15) is 12.6 Å². The normalized spacial score (nSPS) is 10.4. The molecule has 2 heterocycles. The van der Waals surface area contributed by atoms with Gasteiger partial charge in [-0.15, -0.1) is 11.3 Å². The molecule has 0 aliphatic carbocycles. The van der Waals surface area contributed by atoms with E-state index in [1.807, 2.05) is 29.1 Å². The fraction of sp³-hybridized carbons (Fsp3) is 0.357. The molecule has 0 radical (unpaired) electrons. The first-order valence-electron chi connectivity index (χ1n) is 6.45. The van der Waals surface area contributed by atoms with Crippen molar-refractivity contribution in [2.24, 2.45) is 0 Å². The van der Waals surface area contributed by atoms with Crippen LogP contribution in [-0.4, -0.2) is 42.0 Å². The predicted octanol–water partition coefficient (Wildman–Crippen LogP) is 2.44. The fourth-order valence-corrected chi connectivity index (χ4v) is 3.30. The van der Waals surface area contributed by atoms with Gasteiger partial charge in [0.15, 0.2) is 0 Å². The molecule has 0 aromatic carbocycles. The van der Waals surface area contributed by atoms with Crippen molar-refractivity contribution in [3.63, 3.8) is 0 Å². The molecule has 0 aliphatic heterocycles. The molecule has 0 saturated carbocycles. The maximum absolute atomic E-state index is 12.2. The Balaban J connectivity index is 2.00. The number of hydrogen-bond donors (Lipinski definition) is 0. The van der Waals surface area contributed by atoms with Crippen LogP contribution in [0.2, 0.25) is 0 Å². The average molecular weight is 324 g/mol. The highest BCUT2D eigenvalue weighted by atomic mass is 32.1. The Bertz CT molecular complexity index is 608. The molecular weight excluding hydrogens is 308 g/mol. The van der Waals surface area contributed by atoms with Crippen LogP contribution >= 0.6 is 22.7 Å².